The molecule has 5 fully saturated rings. The number of benzene rings is 1. The van der Waals surface area contributed by atoms with Crippen LogP contribution in [0, 0.1) is 40.8 Å². The number of carbonyl (C=O) groups is 3. The molecule has 0 aliphatic heterocycles. The van der Waals surface area contributed by atoms with Crippen LogP contribution in [-0.4, -0.2) is 47.8 Å². The van der Waals surface area contributed by atoms with Crippen molar-refractivity contribution < 1.29 is 38.1 Å². The second-order valence-corrected chi connectivity index (χ2v) is 12.0. The highest BCUT2D eigenvalue weighted by Gasteiger charge is 2.85. The Balaban J connectivity index is 1.26. The summed E-state index contributed by atoms with van der Waals surface area (Å²) in [5, 5.41) is 12.5. The molecule has 1 aromatic carbocycles. The molecule has 1 amide bonds. The van der Waals surface area contributed by atoms with Crippen molar-refractivity contribution >= 4 is 17.8 Å². The summed E-state index contributed by atoms with van der Waals surface area (Å²) in [6.07, 6.45) is 1.84. The molecule has 5 aliphatic rings. The lowest BCUT2D eigenvalue weighted by Crippen LogP contribution is -2.41. The zero-order chi connectivity index (χ0) is 26.2. The van der Waals surface area contributed by atoms with Gasteiger partial charge in [0.15, 0.2) is 11.6 Å². The van der Waals surface area contributed by atoms with E-state index in [1.54, 1.807) is 0 Å². The molecule has 8 nitrogen and oxygen atoms in total. The van der Waals surface area contributed by atoms with Crippen LogP contribution in [0.1, 0.15) is 63.7 Å². The third-order valence-electron chi connectivity index (χ3n) is 8.46. The number of fused-ring (bicyclic) bond motifs is 1. The molecule has 5 saturated carbocycles. The van der Waals surface area contributed by atoms with E-state index in [-0.39, 0.29) is 41.0 Å². The van der Waals surface area contributed by atoms with Crippen LogP contribution in [0.4, 0.5) is 4.39 Å². The number of hydrogen-bond acceptors (Lipinski definition) is 6. The van der Waals surface area contributed by atoms with Crippen LogP contribution in [-0.2, 0) is 14.3 Å². The Bertz CT molecular complexity index is 1090. The summed E-state index contributed by atoms with van der Waals surface area (Å²) in [4.78, 5) is 37.5. The molecule has 0 aromatic heterocycles. The van der Waals surface area contributed by atoms with Gasteiger partial charge in [-0.25, -0.2) is 4.39 Å². The number of carboxylic acid groups (broad SMARTS) is 1. The predicted octanol–water partition coefficient (Wildman–Crippen LogP) is 3.81. The van der Waals surface area contributed by atoms with Crippen LogP contribution < -0.4 is 14.8 Å². The van der Waals surface area contributed by atoms with Gasteiger partial charge in [0.05, 0.1) is 30.1 Å². The van der Waals surface area contributed by atoms with E-state index in [2.05, 4.69) is 5.32 Å². The molecule has 6 atom stereocenters. The number of ether oxygens (including phenoxy) is 3. The van der Waals surface area contributed by atoms with Gasteiger partial charge in [-0.3, -0.25) is 14.4 Å². The Kier molecular flexibility index (Phi) is 5.76. The van der Waals surface area contributed by atoms with E-state index in [0.717, 1.165) is 6.07 Å². The number of carboxylic acids is 1. The second kappa shape index (κ2) is 8.35. The average molecular weight is 504 g/mol. The van der Waals surface area contributed by atoms with Crippen molar-refractivity contribution in [1.82, 2.24) is 5.32 Å². The Labute approximate surface area is 209 Å². The van der Waals surface area contributed by atoms with E-state index in [1.807, 2.05) is 27.7 Å². The largest absolute Gasteiger partial charge is 0.496 e. The summed E-state index contributed by atoms with van der Waals surface area (Å²) in [7, 11) is 1.35. The van der Waals surface area contributed by atoms with Gasteiger partial charge in [0.2, 0.25) is 0 Å². The van der Waals surface area contributed by atoms with Gasteiger partial charge < -0.3 is 24.6 Å². The highest BCUT2D eigenvalue weighted by molar-refractivity contribution is 5.98. The summed E-state index contributed by atoms with van der Waals surface area (Å²) in [6, 6.07) is 2.03. The van der Waals surface area contributed by atoms with Gasteiger partial charge in [0, 0.05) is 12.1 Å². The van der Waals surface area contributed by atoms with Crippen molar-refractivity contribution in [3.8, 4) is 11.5 Å². The molecule has 2 unspecified atom stereocenters. The number of hydrogen-bond donors (Lipinski definition) is 2. The normalized spacial score (nSPS) is 35.9. The lowest BCUT2D eigenvalue weighted by molar-refractivity contribution is -0.169. The number of carbonyl (C=O) groups excluding carboxylic acids is 2. The van der Waals surface area contributed by atoms with Crippen molar-refractivity contribution in [3.05, 3.63) is 23.5 Å². The SMILES string of the molecule is COc1cc(F)c(O[C@H]2CC[C@@](C)(C(=O)OC(C)(C)C)CC2)cc1C(=O)N[C@H]1[C@H]2C3C([C@@H]32)[C@H]1C(=O)O. The smallest absolute Gasteiger partial charge is 0.312 e. The number of nitrogens with one attached hydrogen (secondary N) is 1. The fraction of sp³-hybridized carbons (Fsp3) is 0.667. The minimum absolute atomic E-state index is 0.0584. The number of aliphatic carboxylic acids is 1. The van der Waals surface area contributed by atoms with E-state index in [9.17, 15) is 23.9 Å². The zero-order valence-electron chi connectivity index (χ0n) is 21.3. The van der Waals surface area contributed by atoms with Crippen molar-refractivity contribution in [3.63, 3.8) is 0 Å². The number of methoxy groups -OCH3 is 1. The summed E-state index contributed by atoms with van der Waals surface area (Å²) in [5.41, 5.74) is -1.09. The van der Waals surface area contributed by atoms with E-state index in [1.165, 1.54) is 13.2 Å². The Morgan fingerprint density at radius 1 is 1.06 bits per heavy atom. The van der Waals surface area contributed by atoms with Gasteiger partial charge in [-0.05, 0) is 83.1 Å². The lowest BCUT2D eigenvalue weighted by atomic mass is 9.74. The first-order chi connectivity index (χ1) is 16.8. The van der Waals surface area contributed by atoms with E-state index < -0.39 is 40.7 Å². The predicted molar refractivity (Wildman–Crippen MR) is 126 cm³/mol. The van der Waals surface area contributed by atoms with Crippen LogP contribution in [0.2, 0.25) is 0 Å². The number of halogens is 1. The molecule has 1 aromatic rings. The van der Waals surface area contributed by atoms with Gasteiger partial charge in [0.1, 0.15) is 11.4 Å². The maximum absolute atomic E-state index is 14.9. The molecule has 36 heavy (non-hydrogen) atoms. The quantitative estimate of drug-likeness (QED) is 0.545. The van der Waals surface area contributed by atoms with Crippen LogP contribution >= 0.6 is 0 Å². The van der Waals surface area contributed by atoms with Crippen LogP contribution in [0.15, 0.2) is 12.1 Å². The van der Waals surface area contributed by atoms with Crippen molar-refractivity contribution in [2.24, 2.45) is 35.0 Å². The van der Waals surface area contributed by atoms with E-state index in [0.29, 0.717) is 37.5 Å². The van der Waals surface area contributed by atoms with Gasteiger partial charge in [0.25, 0.3) is 5.91 Å². The third-order valence-corrected chi connectivity index (χ3v) is 8.46. The summed E-state index contributed by atoms with van der Waals surface area (Å²) in [6.45, 7) is 7.39. The van der Waals surface area contributed by atoms with E-state index in [4.69, 9.17) is 14.2 Å². The average Bonchev–Trinajstić information content (AvgIpc) is 3.63. The topological polar surface area (TPSA) is 111 Å². The van der Waals surface area contributed by atoms with Crippen LogP contribution in [0.5, 0.6) is 11.5 Å². The molecule has 0 radical (unpaired) electrons. The van der Waals surface area contributed by atoms with E-state index >= 15 is 0 Å². The van der Waals surface area contributed by atoms with Gasteiger partial charge >= 0.3 is 11.9 Å². The molecule has 0 heterocycles. The highest BCUT2D eigenvalue weighted by atomic mass is 19.1. The monoisotopic (exact) mass is 503 g/mol. The lowest BCUT2D eigenvalue weighted by Gasteiger charge is -2.37. The molecular weight excluding hydrogens is 469 g/mol. The maximum atomic E-state index is 14.9. The molecule has 0 saturated heterocycles. The van der Waals surface area contributed by atoms with Gasteiger partial charge in [-0.15, -0.1) is 0 Å². The number of esters is 1. The summed E-state index contributed by atoms with van der Waals surface area (Å²) < 4.78 is 31.6. The molecular formula is C27H34FNO7. The van der Waals surface area contributed by atoms with Crippen molar-refractivity contribution in [2.75, 3.05) is 7.11 Å². The minimum Gasteiger partial charge on any atom is -0.496 e. The molecule has 6 rings (SSSR count). The number of rotatable bonds is 7. The fourth-order valence-electron chi connectivity index (χ4n) is 6.41. The van der Waals surface area contributed by atoms with Gasteiger partial charge in [-0.1, -0.05) is 0 Å². The summed E-state index contributed by atoms with van der Waals surface area (Å²) >= 11 is 0. The third kappa shape index (κ3) is 4.20. The summed E-state index contributed by atoms with van der Waals surface area (Å²) in [5.74, 6) is -1.62. The van der Waals surface area contributed by atoms with Gasteiger partial charge in [-0.2, -0.15) is 0 Å². The minimum atomic E-state index is -0.886. The van der Waals surface area contributed by atoms with Crippen LogP contribution in [0.3, 0.4) is 0 Å². The standard InChI is InChI=1S/C27H34FNO7/c1-26(2,3)36-25(33)27(4)8-6-12(7-9-27)35-16-10-13(15(34-5)11-14(16)28)23(30)29-22-20-17-18(20)19(17)21(22)24(31)32/h10-12,17-22H,6-9H2,1-5H3,(H,29,30)(H,31,32)/t12-,17-,18?,19?,20-,21-,22+,27+/m1/s1. The second-order valence-electron chi connectivity index (χ2n) is 12.0. The molecule has 2 bridgehead atoms. The Hall–Kier alpha value is -2.84. The molecule has 196 valence electrons. The van der Waals surface area contributed by atoms with Crippen LogP contribution in [0.25, 0.3) is 0 Å². The maximum Gasteiger partial charge on any atom is 0.312 e. The first kappa shape index (κ1) is 24.8. The fourth-order valence-corrected chi connectivity index (χ4v) is 6.41. The Morgan fingerprint density at radius 2 is 1.69 bits per heavy atom. The van der Waals surface area contributed by atoms with Crippen molar-refractivity contribution in [1.29, 1.82) is 0 Å². The molecule has 2 N–H and O–H groups in total. The van der Waals surface area contributed by atoms with Crippen molar-refractivity contribution in [2.45, 2.75) is 71.1 Å². The number of amides is 1. The molecule has 5 aliphatic carbocycles. The highest BCUT2D eigenvalue weighted by Crippen LogP contribution is 2.83. The first-order valence-electron chi connectivity index (χ1n) is 12.7. The molecule has 9 heteroatoms. The molecule has 0 spiro atoms. The first-order valence-corrected chi connectivity index (χ1v) is 12.7. The Morgan fingerprint density at radius 3 is 2.25 bits per heavy atom. The zero-order valence-corrected chi connectivity index (χ0v) is 21.3.